The monoisotopic (exact) mass is 260 g/mol. The van der Waals surface area contributed by atoms with Gasteiger partial charge in [0.2, 0.25) is 0 Å². The third kappa shape index (κ3) is 6.39. The van der Waals surface area contributed by atoms with E-state index in [0.29, 0.717) is 0 Å². The molecule has 0 saturated heterocycles. The first kappa shape index (κ1) is 13.9. The van der Waals surface area contributed by atoms with Crippen LogP contribution < -0.4 is 0 Å². The first-order valence-electron chi connectivity index (χ1n) is 5.28. The molecule has 0 fully saturated rings. The molecule has 0 radical (unpaired) electrons. The summed E-state index contributed by atoms with van der Waals surface area (Å²) in [4.78, 5) is 2.26. The van der Waals surface area contributed by atoms with Crippen molar-refractivity contribution in [1.29, 1.82) is 5.26 Å². The van der Waals surface area contributed by atoms with Gasteiger partial charge in [0.25, 0.3) is 0 Å². The van der Waals surface area contributed by atoms with Crippen molar-refractivity contribution in [2.24, 2.45) is 11.8 Å². The molecule has 0 bridgehead atoms. The lowest BCUT2D eigenvalue weighted by atomic mass is 10.1. The van der Waals surface area contributed by atoms with Crippen LogP contribution in [0.4, 0.5) is 0 Å². The van der Waals surface area contributed by atoms with Crippen LogP contribution in [0.3, 0.4) is 0 Å². The second-order valence-corrected chi connectivity index (χ2v) is 4.71. The van der Waals surface area contributed by atoms with Crippen LogP contribution in [-0.2, 0) is 0 Å². The van der Waals surface area contributed by atoms with Crippen molar-refractivity contribution in [3.8, 4) is 6.07 Å². The van der Waals surface area contributed by atoms with E-state index in [0.717, 1.165) is 24.3 Å². The van der Waals surface area contributed by atoms with Gasteiger partial charge in [0.05, 0.1) is 12.0 Å². The average Bonchev–Trinajstić information content (AvgIpc) is 2.16. The summed E-state index contributed by atoms with van der Waals surface area (Å²) < 4.78 is 0. The van der Waals surface area contributed by atoms with E-state index < -0.39 is 0 Å². The summed E-state index contributed by atoms with van der Waals surface area (Å²) in [6, 6.07) is 2.27. The zero-order valence-electron chi connectivity index (χ0n) is 9.46. The van der Waals surface area contributed by atoms with Gasteiger partial charge in [0, 0.05) is 18.4 Å². The largest absolute Gasteiger partial charge is 0.305 e. The summed E-state index contributed by atoms with van der Waals surface area (Å²) in [6.07, 6.45) is 2.49. The fourth-order valence-corrected chi connectivity index (χ4v) is 2.18. The van der Waals surface area contributed by atoms with Crippen LogP contribution in [0, 0.1) is 23.2 Å². The van der Waals surface area contributed by atoms with E-state index in [-0.39, 0.29) is 5.92 Å². The Morgan fingerprint density at radius 2 is 2.07 bits per heavy atom. The van der Waals surface area contributed by atoms with Gasteiger partial charge in [-0.05, 0) is 26.3 Å². The first-order valence-corrected chi connectivity index (χ1v) is 6.40. The average molecular weight is 261 g/mol. The van der Waals surface area contributed by atoms with Gasteiger partial charge in [-0.15, -0.1) is 0 Å². The Kier molecular flexibility index (Phi) is 8.21. The molecule has 2 nitrogen and oxygen atoms in total. The van der Waals surface area contributed by atoms with Crippen LogP contribution in [0.15, 0.2) is 0 Å². The van der Waals surface area contributed by atoms with E-state index in [4.69, 9.17) is 5.26 Å². The predicted octanol–water partition coefficient (Wildman–Crippen LogP) is 2.89. The van der Waals surface area contributed by atoms with Crippen LogP contribution in [0.2, 0.25) is 0 Å². The van der Waals surface area contributed by atoms with Crippen molar-refractivity contribution < 1.29 is 0 Å². The molecule has 3 heteroatoms. The molecule has 0 aromatic carbocycles. The summed E-state index contributed by atoms with van der Waals surface area (Å²) in [5, 5.41) is 9.75. The SMILES string of the molecule is CCCC(CBr)CN(C)CC(C)C#N. The molecule has 0 aliphatic rings. The Morgan fingerprint density at radius 3 is 2.50 bits per heavy atom. The number of hydrogen-bond acceptors (Lipinski definition) is 2. The van der Waals surface area contributed by atoms with Crippen LogP contribution >= 0.6 is 15.9 Å². The van der Waals surface area contributed by atoms with Crippen molar-refractivity contribution in [2.75, 3.05) is 25.5 Å². The lowest BCUT2D eigenvalue weighted by Gasteiger charge is -2.23. The maximum atomic E-state index is 8.69. The van der Waals surface area contributed by atoms with Gasteiger partial charge >= 0.3 is 0 Å². The van der Waals surface area contributed by atoms with Crippen molar-refractivity contribution in [3.05, 3.63) is 0 Å². The molecular formula is C11H21BrN2. The summed E-state index contributed by atoms with van der Waals surface area (Å²) in [7, 11) is 2.10. The van der Waals surface area contributed by atoms with Crippen molar-refractivity contribution in [2.45, 2.75) is 26.7 Å². The number of nitriles is 1. The highest BCUT2D eigenvalue weighted by atomic mass is 79.9. The highest BCUT2D eigenvalue weighted by molar-refractivity contribution is 9.09. The number of halogens is 1. The maximum absolute atomic E-state index is 8.69. The molecule has 2 unspecified atom stereocenters. The minimum Gasteiger partial charge on any atom is -0.305 e. The van der Waals surface area contributed by atoms with Crippen LogP contribution in [0.25, 0.3) is 0 Å². The number of nitrogens with zero attached hydrogens (tertiary/aromatic N) is 2. The molecule has 0 N–H and O–H groups in total. The Bertz CT molecular complexity index is 177. The zero-order chi connectivity index (χ0) is 11.0. The van der Waals surface area contributed by atoms with Gasteiger partial charge in [-0.1, -0.05) is 29.3 Å². The smallest absolute Gasteiger partial charge is 0.0666 e. The minimum atomic E-state index is 0.137. The van der Waals surface area contributed by atoms with Crippen molar-refractivity contribution >= 4 is 15.9 Å². The molecular weight excluding hydrogens is 240 g/mol. The molecule has 82 valence electrons. The molecule has 14 heavy (non-hydrogen) atoms. The Labute approximate surface area is 96.4 Å². The molecule has 0 amide bonds. The predicted molar refractivity (Wildman–Crippen MR) is 64.5 cm³/mol. The van der Waals surface area contributed by atoms with E-state index in [1.807, 2.05) is 6.92 Å². The highest BCUT2D eigenvalue weighted by Crippen LogP contribution is 2.11. The van der Waals surface area contributed by atoms with E-state index in [1.165, 1.54) is 12.8 Å². The maximum Gasteiger partial charge on any atom is 0.0666 e. The Hall–Kier alpha value is -0.0700. The Morgan fingerprint density at radius 1 is 1.43 bits per heavy atom. The third-order valence-electron chi connectivity index (χ3n) is 2.29. The van der Waals surface area contributed by atoms with Crippen molar-refractivity contribution in [1.82, 2.24) is 4.90 Å². The van der Waals surface area contributed by atoms with Crippen LogP contribution in [-0.4, -0.2) is 30.4 Å². The van der Waals surface area contributed by atoms with E-state index in [9.17, 15) is 0 Å². The van der Waals surface area contributed by atoms with Gasteiger partial charge < -0.3 is 4.90 Å². The molecule has 0 heterocycles. The molecule has 0 aromatic heterocycles. The molecule has 0 saturated carbocycles. The van der Waals surface area contributed by atoms with Crippen molar-refractivity contribution in [3.63, 3.8) is 0 Å². The zero-order valence-corrected chi connectivity index (χ0v) is 11.0. The summed E-state index contributed by atoms with van der Waals surface area (Å²) in [5.74, 6) is 0.855. The lowest BCUT2D eigenvalue weighted by Crippen LogP contribution is -2.30. The van der Waals surface area contributed by atoms with Crippen LogP contribution in [0.1, 0.15) is 26.7 Å². The topological polar surface area (TPSA) is 27.0 Å². The highest BCUT2D eigenvalue weighted by Gasteiger charge is 2.11. The summed E-state index contributed by atoms with van der Waals surface area (Å²) in [6.45, 7) is 6.15. The lowest BCUT2D eigenvalue weighted by molar-refractivity contribution is 0.264. The second kappa shape index (κ2) is 8.26. The normalized spacial score (nSPS) is 15.1. The molecule has 0 spiro atoms. The molecule has 0 aliphatic heterocycles. The van der Waals surface area contributed by atoms with Gasteiger partial charge in [-0.25, -0.2) is 0 Å². The molecule has 2 atom stereocenters. The number of alkyl halides is 1. The molecule has 0 aromatic rings. The van der Waals surface area contributed by atoms with E-state index >= 15 is 0 Å². The fraction of sp³-hybridized carbons (Fsp3) is 0.909. The van der Waals surface area contributed by atoms with Gasteiger partial charge in [0.1, 0.15) is 0 Å². The van der Waals surface area contributed by atoms with Gasteiger partial charge in [-0.3, -0.25) is 0 Å². The summed E-state index contributed by atoms with van der Waals surface area (Å²) in [5.41, 5.74) is 0. The number of rotatable bonds is 7. The van der Waals surface area contributed by atoms with Gasteiger partial charge in [0.15, 0.2) is 0 Å². The second-order valence-electron chi connectivity index (χ2n) is 4.06. The number of hydrogen-bond donors (Lipinski definition) is 0. The van der Waals surface area contributed by atoms with Crippen LogP contribution in [0.5, 0.6) is 0 Å². The quantitative estimate of drug-likeness (QED) is 0.659. The van der Waals surface area contributed by atoms with E-state index in [1.54, 1.807) is 0 Å². The Balaban J connectivity index is 3.78. The van der Waals surface area contributed by atoms with E-state index in [2.05, 4.69) is 40.9 Å². The minimum absolute atomic E-state index is 0.137. The van der Waals surface area contributed by atoms with Gasteiger partial charge in [-0.2, -0.15) is 5.26 Å². The third-order valence-corrected chi connectivity index (χ3v) is 3.21. The molecule has 0 aliphatic carbocycles. The first-order chi connectivity index (χ1) is 6.63. The molecule has 0 rings (SSSR count). The fourth-order valence-electron chi connectivity index (χ4n) is 1.65. The summed E-state index contributed by atoms with van der Waals surface area (Å²) >= 11 is 3.54. The standard InChI is InChI=1S/C11H21BrN2/c1-4-5-11(6-12)9-14(3)8-10(2)7-13/h10-11H,4-6,8-9H2,1-3H3.